The number of hydrogen-bond acceptors (Lipinski definition) is 4. The van der Waals surface area contributed by atoms with E-state index in [2.05, 4.69) is 12.2 Å². The Labute approximate surface area is 113 Å². The molecule has 1 aromatic heterocycles. The molecular formula is C15H21NO3. The fourth-order valence-electron chi connectivity index (χ4n) is 2.10. The number of rotatable bonds is 7. The van der Waals surface area contributed by atoms with E-state index in [4.69, 9.17) is 13.9 Å². The summed E-state index contributed by atoms with van der Waals surface area (Å²) in [6.07, 6.45) is 1.03. The van der Waals surface area contributed by atoms with Gasteiger partial charge in [0.2, 0.25) is 0 Å². The molecule has 1 heterocycles. The molecular weight excluding hydrogens is 242 g/mol. The Morgan fingerprint density at radius 3 is 2.84 bits per heavy atom. The summed E-state index contributed by atoms with van der Waals surface area (Å²) >= 11 is 0. The van der Waals surface area contributed by atoms with Gasteiger partial charge in [-0.1, -0.05) is 19.1 Å². The van der Waals surface area contributed by atoms with Gasteiger partial charge in [0.15, 0.2) is 11.3 Å². The second-order valence-corrected chi connectivity index (χ2v) is 4.53. The van der Waals surface area contributed by atoms with Crippen LogP contribution in [0.3, 0.4) is 0 Å². The van der Waals surface area contributed by atoms with Crippen LogP contribution in [0.1, 0.15) is 19.1 Å². The predicted octanol–water partition coefficient (Wildman–Crippen LogP) is 2.96. The van der Waals surface area contributed by atoms with E-state index in [0.717, 1.165) is 28.9 Å². The molecule has 1 N–H and O–H groups in total. The van der Waals surface area contributed by atoms with E-state index in [1.54, 1.807) is 14.2 Å². The zero-order valence-corrected chi connectivity index (χ0v) is 11.7. The molecule has 0 amide bonds. The number of furan rings is 1. The van der Waals surface area contributed by atoms with Crippen LogP contribution < -0.4 is 10.1 Å². The predicted molar refractivity (Wildman–Crippen MR) is 75.6 cm³/mol. The van der Waals surface area contributed by atoms with E-state index in [1.165, 1.54) is 0 Å². The number of nitrogens with one attached hydrogen (secondary N) is 1. The highest BCUT2D eigenvalue weighted by atomic mass is 16.5. The van der Waals surface area contributed by atoms with Crippen molar-refractivity contribution in [2.45, 2.75) is 25.9 Å². The van der Waals surface area contributed by atoms with Gasteiger partial charge < -0.3 is 19.2 Å². The minimum Gasteiger partial charge on any atom is -0.493 e. The van der Waals surface area contributed by atoms with Crippen molar-refractivity contribution in [1.82, 2.24) is 5.32 Å². The van der Waals surface area contributed by atoms with Gasteiger partial charge in [-0.3, -0.25) is 0 Å². The third-order valence-electron chi connectivity index (χ3n) is 3.20. The molecule has 0 aliphatic rings. The van der Waals surface area contributed by atoms with Crippen molar-refractivity contribution in [1.29, 1.82) is 0 Å². The average molecular weight is 263 g/mol. The lowest BCUT2D eigenvalue weighted by molar-refractivity contribution is 0.163. The Morgan fingerprint density at radius 2 is 2.16 bits per heavy atom. The molecule has 0 spiro atoms. The van der Waals surface area contributed by atoms with Crippen molar-refractivity contribution in [3.05, 3.63) is 30.0 Å². The maximum atomic E-state index is 5.83. The van der Waals surface area contributed by atoms with Crippen LogP contribution in [0.2, 0.25) is 0 Å². The van der Waals surface area contributed by atoms with Gasteiger partial charge in [0.05, 0.1) is 20.3 Å². The summed E-state index contributed by atoms with van der Waals surface area (Å²) in [5.41, 5.74) is 0.807. The standard InChI is InChI=1S/C15H21NO3/c1-4-12(10-17-2)16-9-13-8-11-6-5-7-14(18-3)15(11)19-13/h5-8,12,16H,4,9-10H2,1-3H3. The lowest BCUT2D eigenvalue weighted by atomic mass is 10.2. The van der Waals surface area contributed by atoms with E-state index >= 15 is 0 Å². The molecule has 0 saturated heterocycles. The van der Waals surface area contributed by atoms with Crippen molar-refractivity contribution in [2.75, 3.05) is 20.8 Å². The van der Waals surface area contributed by atoms with Crippen LogP contribution in [0, 0.1) is 0 Å². The SMILES string of the molecule is CCC(COC)NCc1cc2cccc(OC)c2o1. The van der Waals surface area contributed by atoms with E-state index in [0.29, 0.717) is 19.2 Å². The van der Waals surface area contributed by atoms with Gasteiger partial charge in [-0.25, -0.2) is 0 Å². The molecule has 0 bridgehead atoms. The number of hydrogen-bond donors (Lipinski definition) is 1. The van der Waals surface area contributed by atoms with Crippen LogP contribution >= 0.6 is 0 Å². The smallest absolute Gasteiger partial charge is 0.176 e. The van der Waals surface area contributed by atoms with Crippen LogP contribution in [0.4, 0.5) is 0 Å². The van der Waals surface area contributed by atoms with Crippen molar-refractivity contribution in [3.63, 3.8) is 0 Å². The highest BCUT2D eigenvalue weighted by Crippen LogP contribution is 2.28. The second-order valence-electron chi connectivity index (χ2n) is 4.53. The fourth-order valence-corrected chi connectivity index (χ4v) is 2.10. The maximum Gasteiger partial charge on any atom is 0.176 e. The fraction of sp³-hybridized carbons (Fsp3) is 0.467. The third-order valence-corrected chi connectivity index (χ3v) is 3.20. The van der Waals surface area contributed by atoms with Gasteiger partial charge in [-0.15, -0.1) is 0 Å². The largest absolute Gasteiger partial charge is 0.493 e. The Balaban J connectivity index is 2.09. The lowest BCUT2D eigenvalue weighted by Gasteiger charge is -2.14. The van der Waals surface area contributed by atoms with Crippen LogP contribution in [0.5, 0.6) is 5.75 Å². The normalized spacial score (nSPS) is 12.8. The van der Waals surface area contributed by atoms with Crippen LogP contribution in [0.15, 0.2) is 28.7 Å². The van der Waals surface area contributed by atoms with Gasteiger partial charge in [-0.05, 0) is 18.6 Å². The topological polar surface area (TPSA) is 43.6 Å². The Kier molecular flexibility index (Phi) is 4.82. The van der Waals surface area contributed by atoms with Crippen molar-refractivity contribution in [2.24, 2.45) is 0 Å². The van der Waals surface area contributed by atoms with E-state index < -0.39 is 0 Å². The summed E-state index contributed by atoms with van der Waals surface area (Å²) in [5.74, 6) is 1.68. The van der Waals surface area contributed by atoms with Gasteiger partial charge >= 0.3 is 0 Å². The monoisotopic (exact) mass is 263 g/mol. The van der Waals surface area contributed by atoms with Crippen LogP contribution in [0.25, 0.3) is 11.0 Å². The molecule has 1 aromatic carbocycles. The molecule has 1 unspecified atom stereocenters. The lowest BCUT2D eigenvalue weighted by Crippen LogP contribution is -2.31. The molecule has 4 nitrogen and oxygen atoms in total. The third kappa shape index (κ3) is 3.28. The maximum absolute atomic E-state index is 5.83. The highest BCUT2D eigenvalue weighted by molar-refractivity contribution is 5.83. The number of ether oxygens (including phenoxy) is 2. The minimum absolute atomic E-state index is 0.347. The summed E-state index contributed by atoms with van der Waals surface area (Å²) in [7, 11) is 3.37. The number of benzene rings is 1. The first kappa shape index (κ1) is 13.9. The second kappa shape index (κ2) is 6.59. The molecule has 0 saturated carbocycles. The first-order chi connectivity index (χ1) is 9.28. The quantitative estimate of drug-likeness (QED) is 0.834. The van der Waals surface area contributed by atoms with Gasteiger partial charge in [0, 0.05) is 18.5 Å². The number of fused-ring (bicyclic) bond motifs is 1. The first-order valence-electron chi connectivity index (χ1n) is 6.56. The van der Waals surface area contributed by atoms with Crippen molar-refractivity contribution < 1.29 is 13.9 Å². The molecule has 0 aliphatic carbocycles. The van der Waals surface area contributed by atoms with Crippen LogP contribution in [-0.2, 0) is 11.3 Å². The van der Waals surface area contributed by atoms with Gasteiger partial charge in [0.1, 0.15) is 5.76 Å². The van der Waals surface area contributed by atoms with E-state index in [-0.39, 0.29) is 0 Å². The minimum atomic E-state index is 0.347. The average Bonchev–Trinajstić information content (AvgIpc) is 2.86. The Morgan fingerprint density at radius 1 is 1.32 bits per heavy atom. The molecule has 1 atom stereocenters. The van der Waals surface area contributed by atoms with Gasteiger partial charge in [-0.2, -0.15) is 0 Å². The van der Waals surface area contributed by atoms with E-state index in [9.17, 15) is 0 Å². The first-order valence-corrected chi connectivity index (χ1v) is 6.56. The van der Waals surface area contributed by atoms with Crippen LogP contribution in [-0.4, -0.2) is 26.9 Å². The molecule has 19 heavy (non-hydrogen) atoms. The molecule has 0 aliphatic heterocycles. The summed E-state index contributed by atoms with van der Waals surface area (Å²) in [5, 5.41) is 4.49. The molecule has 104 valence electrons. The Hall–Kier alpha value is -1.52. The Bertz CT molecular complexity index is 521. The van der Waals surface area contributed by atoms with Crippen molar-refractivity contribution >= 4 is 11.0 Å². The zero-order valence-electron chi connectivity index (χ0n) is 11.7. The number of methoxy groups -OCH3 is 2. The molecule has 4 heteroatoms. The summed E-state index contributed by atoms with van der Waals surface area (Å²) in [4.78, 5) is 0. The van der Waals surface area contributed by atoms with E-state index in [1.807, 2.05) is 24.3 Å². The van der Waals surface area contributed by atoms with Crippen molar-refractivity contribution in [3.8, 4) is 5.75 Å². The van der Waals surface area contributed by atoms with Gasteiger partial charge in [0.25, 0.3) is 0 Å². The molecule has 0 fully saturated rings. The molecule has 2 aromatic rings. The number of para-hydroxylation sites is 1. The summed E-state index contributed by atoms with van der Waals surface area (Å²) in [6.45, 7) is 3.54. The zero-order chi connectivity index (χ0) is 13.7. The summed E-state index contributed by atoms with van der Waals surface area (Å²) in [6, 6.07) is 8.29. The summed E-state index contributed by atoms with van der Waals surface area (Å²) < 4.78 is 16.3. The molecule has 0 radical (unpaired) electrons. The molecule has 2 rings (SSSR count). The highest BCUT2D eigenvalue weighted by Gasteiger charge is 2.10.